The minimum Gasteiger partial charge on any atom is -0.369 e. The number of nitrogens with zero attached hydrogens (tertiary/aromatic N) is 4. The summed E-state index contributed by atoms with van der Waals surface area (Å²) in [4.78, 5) is 9.13. The van der Waals surface area contributed by atoms with Gasteiger partial charge in [0.2, 0.25) is 11.7 Å². The van der Waals surface area contributed by atoms with E-state index in [9.17, 15) is 4.39 Å². The number of aryl methyl sites for hydroxylation is 1. The average molecular weight is 401 g/mol. The highest BCUT2D eigenvalue weighted by molar-refractivity contribution is 6.30. The lowest BCUT2D eigenvalue weighted by Crippen LogP contribution is -2.47. The molecule has 1 saturated heterocycles. The van der Waals surface area contributed by atoms with Crippen LogP contribution in [-0.2, 0) is 0 Å². The van der Waals surface area contributed by atoms with Crippen LogP contribution in [0.4, 0.5) is 10.1 Å². The fourth-order valence-electron chi connectivity index (χ4n) is 3.45. The van der Waals surface area contributed by atoms with E-state index in [-0.39, 0.29) is 11.9 Å². The van der Waals surface area contributed by atoms with Crippen LogP contribution in [-0.4, -0.2) is 41.2 Å². The Bertz CT molecular complexity index is 969. The van der Waals surface area contributed by atoms with Crippen LogP contribution in [0.2, 0.25) is 5.02 Å². The summed E-state index contributed by atoms with van der Waals surface area (Å²) in [5.41, 5.74) is 2.36. The van der Waals surface area contributed by atoms with Gasteiger partial charge in [0, 0.05) is 42.5 Å². The van der Waals surface area contributed by atoms with Gasteiger partial charge in [-0.05, 0) is 43.7 Å². The Hall–Kier alpha value is -2.44. The molecule has 1 aliphatic rings. The van der Waals surface area contributed by atoms with Crippen molar-refractivity contribution in [2.45, 2.75) is 19.9 Å². The molecule has 4 rings (SSSR count). The fourth-order valence-corrected chi connectivity index (χ4v) is 3.64. The molecule has 0 N–H and O–H groups in total. The first-order valence-electron chi connectivity index (χ1n) is 9.36. The van der Waals surface area contributed by atoms with Gasteiger partial charge in [-0.2, -0.15) is 4.98 Å². The quantitative estimate of drug-likeness (QED) is 0.634. The van der Waals surface area contributed by atoms with Gasteiger partial charge in [0.15, 0.2) is 0 Å². The Morgan fingerprint density at radius 2 is 1.89 bits per heavy atom. The zero-order valence-electron chi connectivity index (χ0n) is 15.9. The Balaban J connectivity index is 1.42. The van der Waals surface area contributed by atoms with Crippen molar-refractivity contribution in [3.63, 3.8) is 0 Å². The molecule has 0 bridgehead atoms. The van der Waals surface area contributed by atoms with Gasteiger partial charge in [-0.15, -0.1) is 0 Å². The molecule has 28 heavy (non-hydrogen) atoms. The third kappa shape index (κ3) is 3.88. The van der Waals surface area contributed by atoms with Crippen LogP contribution in [0.25, 0.3) is 11.4 Å². The van der Waals surface area contributed by atoms with Gasteiger partial charge in [0.05, 0.1) is 6.04 Å². The Kier molecular flexibility index (Phi) is 5.33. The molecule has 2 aromatic carbocycles. The maximum absolute atomic E-state index is 13.8. The van der Waals surface area contributed by atoms with Crippen molar-refractivity contribution in [3.8, 4) is 11.4 Å². The van der Waals surface area contributed by atoms with Crippen LogP contribution in [0.15, 0.2) is 47.0 Å². The molecule has 2 heterocycles. The largest absolute Gasteiger partial charge is 0.369 e. The SMILES string of the molecule is Cc1ccc(-c2noc(C(C)N3CCN(c4cccc(Cl)c4)CC3)n2)cc1F. The van der Waals surface area contributed by atoms with Crippen molar-refractivity contribution in [1.29, 1.82) is 0 Å². The lowest BCUT2D eigenvalue weighted by molar-refractivity contribution is 0.164. The summed E-state index contributed by atoms with van der Waals surface area (Å²) < 4.78 is 19.3. The molecule has 5 nitrogen and oxygen atoms in total. The van der Waals surface area contributed by atoms with Gasteiger partial charge in [-0.1, -0.05) is 35.0 Å². The number of rotatable bonds is 4. The maximum atomic E-state index is 13.8. The minimum absolute atomic E-state index is 0.00180. The van der Waals surface area contributed by atoms with Crippen molar-refractivity contribution in [3.05, 3.63) is 64.8 Å². The third-order valence-corrected chi connectivity index (χ3v) is 5.50. The number of benzene rings is 2. The predicted molar refractivity (Wildman–Crippen MR) is 108 cm³/mol. The van der Waals surface area contributed by atoms with Crippen LogP contribution in [0.5, 0.6) is 0 Å². The lowest BCUT2D eigenvalue weighted by Gasteiger charge is -2.38. The zero-order chi connectivity index (χ0) is 19.7. The van der Waals surface area contributed by atoms with Gasteiger partial charge >= 0.3 is 0 Å². The van der Waals surface area contributed by atoms with Crippen molar-refractivity contribution >= 4 is 17.3 Å². The first kappa shape index (κ1) is 18.9. The molecule has 1 aliphatic heterocycles. The van der Waals surface area contributed by atoms with Crippen molar-refractivity contribution in [2.75, 3.05) is 31.1 Å². The zero-order valence-corrected chi connectivity index (χ0v) is 16.7. The second-order valence-corrected chi connectivity index (χ2v) is 7.54. The number of hydrogen-bond acceptors (Lipinski definition) is 5. The molecule has 0 radical (unpaired) electrons. The molecule has 0 amide bonds. The normalized spacial score (nSPS) is 16.4. The summed E-state index contributed by atoms with van der Waals surface area (Å²) in [7, 11) is 0. The maximum Gasteiger partial charge on any atom is 0.244 e. The van der Waals surface area contributed by atoms with E-state index in [0.717, 1.165) is 36.9 Å². The second-order valence-electron chi connectivity index (χ2n) is 7.10. The van der Waals surface area contributed by atoms with E-state index >= 15 is 0 Å². The average Bonchev–Trinajstić information content (AvgIpc) is 3.20. The van der Waals surface area contributed by atoms with E-state index in [1.54, 1.807) is 13.0 Å². The fraction of sp³-hybridized carbons (Fsp3) is 0.333. The van der Waals surface area contributed by atoms with Gasteiger partial charge in [-0.25, -0.2) is 4.39 Å². The minimum atomic E-state index is -0.269. The van der Waals surface area contributed by atoms with Crippen LogP contribution in [0.1, 0.15) is 24.4 Å². The van der Waals surface area contributed by atoms with Gasteiger partial charge in [0.1, 0.15) is 5.82 Å². The number of aromatic nitrogens is 2. The molecular formula is C21H22ClFN4O. The lowest BCUT2D eigenvalue weighted by atomic mass is 10.1. The van der Waals surface area contributed by atoms with E-state index in [0.29, 0.717) is 22.8 Å². The van der Waals surface area contributed by atoms with Crippen LogP contribution in [0, 0.1) is 12.7 Å². The molecule has 1 atom stereocenters. The summed E-state index contributed by atoms with van der Waals surface area (Å²) in [6, 6.07) is 12.9. The van der Waals surface area contributed by atoms with E-state index < -0.39 is 0 Å². The van der Waals surface area contributed by atoms with Gasteiger partial charge in [-0.3, -0.25) is 4.90 Å². The summed E-state index contributed by atoms with van der Waals surface area (Å²) in [5.74, 6) is 0.694. The second kappa shape index (κ2) is 7.89. The molecule has 3 aromatic rings. The van der Waals surface area contributed by atoms with E-state index in [1.807, 2.05) is 24.3 Å². The summed E-state index contributed by atoms with van der Waals surface area (Å²) in [6.07, 6.45) is 0. The molecule has 0 aliphatic carbocycles. The van der Waals surface area contributed by atoms with Crippen LogP contribution < -0.4 is 4.90 Å². The Morgan fingerprint density at radius 3 is 2.61 bits per heavy atom. The van der Waals surface area contributed by atoms with E-state index in [2.05, 4.69) is 32.9 Å². The molecule has 146 valence electrons. The molecule has 0 saturated carbocycles. The summed E-state index contributed by atoms with van der Waals surface area (Å²) >= 11 is 6.11. The highest BCUT2D eigenvalue weighted by atomic mass is 35.5. The van der Waals surface area contributed by atoms with Gasteiger partial charge < -0.3 is 9.42 Å². The van der Waals surface area contributed by atoms with Crippen LogP contribution >= 0.6 is 11.6 Å². The molecule has 1 unspecified atom stereocenters. The highest BCUT2D eigenvalue weighted by Gasteiger charge is 2.26. The Labute approximate surface area is 168 Å². The van der Waals surface area contributed by atoms with E-state index in [1.165, 1.54) is 6.07 Å². The first-order valence-corrected chi connectivity index (χ1v) is 9.74. The van der Waals surface area contributed by atoms with Crippen molar-refractivity contribution in [1.82, 2.24) is 15.0 Å². The van der Waals surface area contributed by atoms with E-state index in [4.69, 9.17) is 16.1 Å². The number of hydrogen-bond donors (Lipinski definition) is 0. The third-order valence-electron chi connectivity index (χ3n) is 5.26. The number of piperazine rings is 1. The molecular weight excluding hydrogens is 379 g/mol. The molecule has 1 fully saturated rings. The highest BCUT2D eigenvalue weighted by Crippen LogP contribution is 2.26. The first-order chi connectivity index (χ1) is 13.5. The topological polar surface area (TPSA) is 45.4 Å². The van der Waals surface area contributed by atoms with Crippen molar-refractivity contribution < 1.29 is 8.91 Å². The van der Waals surface area contributed by atoms with Gasteiger partial charge in [0.25, 0.3) is 0 Å². The standard InChI is InChI=1S/C21H22ClFN4O/c1-14-6-7-16(12-19(14)23)20-24-21(28-25-20)15(2)26-8-10-27(11-9-26)18-5-3-4-17(22)13-18/h3-7,12-13,15H,8-11H2,1-2H3. The number of anilines is 1. The van der Waals surface area contributed by atoms with Crippen molar-refractivity contribution in [2.24, 2.45) is 0 Å². The predicted octanol–water partition coefficient (Wildman–Crippen LogP) is 4.72. The Morgan fingerprint density at radius 1 is 1.11 bits per heavy atom. The molecule has 0 spiro atoms. The molecule has 7 heteroatoms. The monoisotopic (exact) mass is 400 g/mol. The summed E-state index contributed by atoms with van der Waals surface area (Å²) in [5, 5.41) is 4.79. The summed E-state index contributed by atoms with van der Waals surface area (Å²) in [6.45, 7) is 7.34. The smallest absolute Gasteiger partial charge is 0.244 e. The van der Waals surface area contributed by atoms with Crippen LogP contribution in [0.3, 0.4) is 0 Å². The number of halogens is 2. The molecule has 1 aromatic heterocycles.